The Balaban J connectivity index is 1.66. The number of benzene rings is 3. The van der Waals surface area contributed by atoms with Crippen LogP contribution in [0, 0.1) is 6.92 Å². The molecule has 1 aliphatic rings. The number of nitrogens with zero attached hydrogens (tertiary/aromatic N) is 2. The summed E-state index contributed by atoms with van der Waals surface area (Å²) in [4.78, 5) is 14.9. The summed E-state index contributed by atoms with van der Waals surface area (Å²) in [6, 6.07) is 18.0. The van der Waals surface area contributed by atoms with Crippen molar-refractivity contribution in [2.75, 3.05) is 35.8 Å². The predicted octanol–water partition coefficient (Wildman–Crippen LogP) is 3.75. The van der Waals surface area contributed by atoms with Crippen molar-refractivity contribution in [1.29, 1.82) is 0 Å². The van der Waals surface area contributed by atoms with Crippen LogP contribution in [0.25, 0.3) is 10.8 Å². The summed E-state index contributed by atoms with van der Waals surface area (Å²) in [6.45, 7) is 3.96. The molecule has 4 rings (SSSR count). The molecule has 3 aromatic rings. The lowest BCUT2D eigenvalue weighted by Crippen LogP contribution is -2.48. The Bertz CT molecular complexity index is 1180. The second kappa shape index (κ2) is 7.87. The van der Waals surface area contributed by atoms with Crippen LogP contribution < -0.4 is 9.62 Å². The van der Waals surface area contributed by atoms with Gasteiger partial charge in [0.05, 0.1) is 10.6 Å². The highest BCUT2D eigenvalue weighted by molar-refractivity contribution is 7.92. The fourth-order valence-corrected chi connectivity index (χ4v) is 4.79. The first-order valence-corrected chi connectivity index (χ1v) is 11.2. The molecule has 0 aromatic heterocycles. The Labute approximate surface area is 175 Å². The molecular formula is C22H23N3O4S. The van der Waals surface area contributed by atoms with Crippen LogP contribution in [0.2, 0.25) is 0 Å². The van der Waals surface area contributed by atoms with Crippen LogP contribution in [0.15, 0.2) is 65.6 Å². The highest BCUT2D eigenvalue weighted by Gasteiger charge is 2.23. The van der Waals surface area contributed by atoms with Crippen LogP contribution in [0.1, 0.15) is 5.56 Å². The smallest absolute Gasteiger partial charge is 0.407 e. The molecule has 0 bridgehead atoms. The highest BCUT2D eigenvalue weighted by Crippen LogP contribution is 2.34. The molecule has 1 amide bonds. The quantitative estimate of drug-likeness (QED) is 0.665. The van der Waals surface area contributed by atoms with E-state index in [0.29, 0.717) is 31.9 Å². The lowest BCUT2D eigenvalue weighted by atomic mass is 10.1. The number of piperazine rings is 1. The number of fused-ring (bicyclic) bond motifs is 1. The number of anilines is 2. The monoisotopic (exact) mass is 425 g/mol. The molecular weight excluding hydrogens is 402 g/mol. The Morgan fingerprint density at radius 1 is 0.900 bits per heavy atom. The summed E-state index contributed by atoms with van der Waals surface area (Å²) in [5.74, 6) is 0. The second-order valence-corrected chi connectivity index (χ2v) is 9.04. The van der Waals surface area contributed by atoms with Crippen LogP contribution in [0.3, 0.4) is 0 Å². The van der Waals surface area contributed by atoms with Crippen molar-refractivity contribution in [3.8, 4) is 0 Å². The molecule has 2 N–H and O–H groups in total. The van der Waals surface area contributed by atoms with Crippen molar-refractivity contribution in [3.63, 3.8) is 0 Å². The van der Waals surface area contributed by atoms with Gasteiger partial charge in [-0.15, -0.1) is 0 Å². The summed E-state index contributed by atoms with van der Waals surface area (Å²) in [5.41, 5.74) is 2.47. The summed E-state index contributed by atoms with van der Waals surface area (Å²) in [5, 5.41) is 10.9. The molecule has 30 heavy (non-hydrogen) atoms. The number of hydrogen-bond donors (Lipinski definition) is 2. The fraction of sp³-hybridized carbons (Fsp3) is 0.227. The number of hydrogen-bond acceptors (Lipinski definition) is 4. The molecule has 8 heteroatoms. The van der Waals surface area contributed by atoms with Crippen LogP contribution >= 0.6 is 0 Å². The predicted molar refractivity (Wildman–Crippen MR) is 118 cm³/mol. The summed E-state index contributed by atoms with van der Waals surface area (Å²) in [7, 11) is -3.71. The molecule has 1 aliphatic heterocycles. The van der Waals surface area contributed by atoms with Gasteiger partial charge in [-0.25, -0.2) is 13.2 Å². The first kappa shape index (κ1) is 20.0. The zero-order valence-electron chi connectivity index (χ0n) is 16.6. The number of amides is 1. The summed E-state index contributed by atoms with van der Waals surface area (Å²) >= 11 is 0. The van der Waals surface area contributed by atoms with Gasteiger partial charge in [0, 0.05) is 42.6 Å². The van der Waals surface area contributed by atoms with Crippen molar-refractivity contribution in [3.05, 3.63) is 66.2 Å². The van der Waals surface area contributed by atoms with E-state index in [4.69, 9.17) is 5.11 Å². The number of carbonyl (C=O) groups is 1. The largest absolute Gasteiger partial charge is 0.465 e. The maximum Gasteiger partial charge on any atom is 0.407 e. The molecule has 0 saturated carbocycles. The average Bonchev–Trinajstić information content (AvgIpc) is 2.74. The average molecular weight is 426 g/mol. The summed E-state index contributed by atoms with van der Waals surface area (Å²) < 4.78 is 28.4. The van der Waals surface area contributed by atoms with E-state index < -0.39 is 16.1 Å². The van der Waals surface area contributed by atoms with Crippen LogP contribution in [-0.4, -0.2) is 50.7 Å². The maximum absolute atomic E-state index is 12.9. The van der Waals surface area contributed by atoms with Gasteiger partial charge in [0.1, 0.15) is 0 Å². The SMILES string of the molecule is Cc1ccc(S(=O)(=O)Nc2ccc(N3CCN(C(=O)O)CC3)c3ccccc23)cc1. The van der Waals surface area contributed by atoms with Gasteiger partial charge in [0.15, 0.2) is 0 Å². The third kappa shape index (κ3) is 3.91. The third-order valence-corrected chi connectivity index (χ3v) is 6.75. The Kier molecular flexibility index (Phi) is 5.26. The zero-order valence-corrected chi connectivity index (χ0v) is 17.4. The molecule has 1 fully saturated rings. The number of nitrogens with one attached hydrogen (secondary N) is 1. The van der Waals surface area contributed by atoms with E-state index in [1.54, 1.807) is 30.3 Å². The van der Waals surface area contributed by atoms with Crippen molar-refractivity contribution >= 4 is 38.3 Å². The molecule has 1 heterocycles. The Morgan fingerprint density at radius 2 is 1.53 bits per heavy atom. The minimum atomic E-state index is -3.71. The number of carboxylic acid groups (broad SMARTS) is 1. The van der Waals surface area contributed by atoms with Gasteiger partial charge in [0.25, 0.3) is 10.0 Å². The molecule has 0 radical (unpaired) electrons. The van der Waals surface area contributed by atoms with Gasteiger partial charge in [-0.05, 0) is 31.2 Å². The Hall–Kier alpha value is -3.26. The standard InChI is InChI=1S/C22H23N3O4S/c1-16-6-8-17(9-7-16)30(28,29)23-20-10-11-21(19-5-3-2-4-18(19)20)24-12-14-25(15-13-24)22(26)27/h2-11,23H,12-15H2,1H3,(H,26,27). The highest BCUT2D eigenvalue weighted by atomic mass is 32.2. The van der Waals surface area contributed by atoms with E-state index in [-0.39, 0.29) is 4.90 Å². The first-order chi connectivity index (χ1) is 14.3. The minimum absolute atomic E-state index is 0.214. The van der Waals surface area contributed by atoms with Gasteiger partial charge in [-0.3, -0.25) is 4.72 Å². The molecule has 0 unspecified atom stereocenters. The number of sulfonamides is 1. The van der Waals surface area contributed by atoms with Crippen molar-refractivity contribution in [2.45, 2.75) is 11.8 Å². The normalized spacial score (nSPS) is 14.7. The van der Waals surface area contributed by atoms with Gasteiger partial charge in [-0.2, -0.15) is 0 Å². The molecule has 3 aromatic carbocycles. The van der Waals surface area contributed by atoms with Crippen molar-refractivity contribution in [2.24, 2.45) is 0 Å². The van der Waals surface area contributed by atoms with E-state index >= 15 is 0 Å². The number of aryl methyl sites for hydroxylation is 1. The lowest BCUT2D eigenvalue weighted by Gasteiger charge is -2.35. The second-order valence-electron chi connectivity index (χ2n) is 7.35. The zero-order chi connectivity index (χ0) is 21.3. The van der Waals surface area contributed by atoms with Gasteiger partial charge < -0.3 is 14.9 Å². The van der Waals surface area contributed by atoms with E-state index in [9.17, 15) is 13.2 Å². The fourth-order valence-electron chi connectivity index (χ4n) is 3.71. The molecule has 0 aliphatic carbocycles. The molecule has 1 saturated heterocycles. The molecule has 7 nitrogen and oxygen atoms in total. The van der Waals surface area contributed by atoms with E-state index in [2.05, 4.69) is 9.62 Å². The number of rotatable bonds is 4. The maximum atomic E-state index is 12.9. The Morgan fingerprint density at radius 3 is 2.17 bits per heavy atom. The summed E-state index contributed by atoms with van der Waals surface area (Å²) in [6.07, 6.45) is -0.902. The molecule has 0 atom stereocenters. The first-order valence-electron chi connectivity index (χ1n) is 9.69. The van der Waals surface area contributed by atoms with Crippen LogP contribution in [0.4, 0.5) is 16.2 Å². The van der Waals surface area contributed by atoms with E-state index in [1.807, 2.05) is 37.3 Å². The van der Waals surface area contributed by atoms with Crippen molar-refractivity contribution in [1.82, 2.24) is 4.90 Å². The minimum Gasteiger partial charge on any atom is -0.465 e. The van der Waals surface area contributed by atoms with Gasteiger partial charge in [0.2, 0.25) is 0 Å². The third-order valence-electron chi connectivity index (χ3n) is 5.37. The molecule has 156 valence electrons. The lowest BCUT2D eigenvalue weighted by molar-refractivity contribution is 0.142. The van der Waals surface area contributed by atoms with Crippen molar-refractivity contribution < 1.29 is 18.3 Å². The van der Waals surface area contributed by atoms with Gasteiger partial charge in [-0.1, -0.05) is 42.0 Å². The van der Waals surface area contributed by atoms with Crippen LogP contribution in [0.5, 0.6) is 0 Å². The molecule has 0 spiro atoms. The topological polar surface area (TPSA) is 90.0 Å². The van der Waals surface area contributed by atoms with Crippen LogP contribution in [-0.2, 0) is 10.0 Å². The van der Waals surface area contributed by atoms with Gasteiger partial charge >= 0.3 is 6.09 Å². The van der Waals surface area contributed by atoms with E-state index in [1.165, 1.54) is 4.90 Å². The van der Waals surface area contributed by atoms with E-state index in [0.717, 1.165) is 22.0 Å².